The zero-order valence-corrected chi connectivity index (χ0v) is 35.0. The summed E-state index contributed by atoms with van der Waals surface area (Å²) in [5.41, 5.74) is 8.09. The van der Waals surface area contributed by atoms with E-state index in [2.05, 4.69) is 72.0 Å². The third-order valence-electron chi connectivity index (χ3n) is 7.93. The van der Waals surface area contributed by atoms with E-state index in [9.17, 15) is 8.42 Å². The Morgan fingerprint density at radius 3 is 2.31 bits per heavy atom. The summed E-state index contributed by atoms with van der Waals surface area (Å²) in [6.07, 6.45) is 4.84. The molecule has 1 saturated heterocycles. The zero-order chi connectivity index (χ0) is 36.1. The van der Waals surface area contributed by atoms with Crippen molar-refractivity contribution in [1.82, 2.24) is 8.61 Å². The predicted octanol–water partition coefficient (Wildman–Crippen LogP) is 9.36. The number of hydrogen-bond acceptors (Lipinski definition) is 6. The number of rotatable bonds is 15. The van der Waals surface area contributed by atoms with Crippen LogP contribution in [0.25, 0.3) is 0 Å². The van der Waals surface area contributed by atoms with Crippen LogP contribution in [0, 0.1) is 27.4 Å². The van der Waals surface area contributed by atoms with Crippen LogP contribution in [-0.4, -0.2) is 64.9 Å². The maximum atomic E-state index is 13.3. The van der Waals surface area contributed by atoms with Crippen molar-refractivity contribution in [2.24, 2.45) is 0 Å². The number of nitrogens with zero attached hydrogens (tertiary/aromatic N) is 3. The number of sulfonamides is 1. The molecule has 1 aliphatic rings. The summed E-state index contributed by atoms with van der Waals surface area (Å²) in [5.74, 6) is 0.894. The average Bonchev–Trinajstić information content (AvgIpc) is 3.51. The van der Waals surface area contributed by atoms with Crippen molar-refractivity contribution in [3.05, 3.63) is 89.1 Å². The van der Waals surface area contributed by atoms with Crippen LogP contribution in [0.2, 0.25) is 0 Å². The molecule has 7 nitrogen and oxygen atoms in total. The first-order valence-corrected chi connectivity index (χ1v) is 24.9. The number of para-hydroxylation sites is 2. The van der Waals surface area contributed by atoms with Crippen LogP contribution in [0.4, 0.5) is 11.4 Å². The van der Waals surface area contributed by atoms with Crippen molar-refractivity contribution in [2.75, 3.05) is 42.7 Å². The Morgan fingerprint density at radius 1 is 1.02 bits per heavy atom. The minimum absolute atomic E-state index is 0.180. The van der Waals surface area contributed by atoms with Gasteiger partial charge < -0.3 is 9.21 Å². The number of anilines is 2. The SMILES string of the molecule is CCCCN(CCC)S(=O)(=O)c1ccc(CNc2ccccc2[OH+]C(C)C)c([CH]=[Ru]([Cl])[Cl])c1.CSN1[CH-]N(c2c(C)cc(C)cc2C)CC1. The number of nitrogens with one attached hydrogen (secondary N) is 1. The number of aryl methyl sites for hydroxylation is 3. The molecule has 1 heterocycles. The fourth-order valence-electron chi connectivity index (χ4n) is 5.77. The molecule has 0 saturated carbocycles. The molecule has 1 fully saturated rings. The van der Waals surface area contributed by atoms with E-state index in [-0.39, 0.29) is 11.0 Å². The van der Waals surface area contributed by atoms with Crippen LogP contribution in [0.1, 0.15) is 74.8 Å². The van der Waals surface area contributed by atoms with Crippen molar-refractivity contribution < 1.29 is 26.7 Å². The Hall–Kier alpha value is -1.65. The van der Waals surface area contributed by atoms with Gasteiger partial charge >= 0.3 is 213 Å². The van der Waals surface area contributed by atoms with Gasteiger partial charge in [-0.3, -0.25) is 0 Å². The van der Waals surface area contributed by atoms with E-state index in [0.717, 1.165) is 54.9 Å². The van der Waals surface area contributed by atoms with Gasteiger partial charge in [-0.1, -0.05) is 17.7 Å². The second-order valence-electron chi connectivity index (χ2n) is 12.4. The van der Waals surface area contributed by atoms with Crippen LogP contribution in [-0.2, 0) is 30.1 Å². The summed E-state index contributed by atoms with van der Waals surface area (Å²) in [6, 6.07) is 17.6. The predicted molar refractivity (Wildman–Crippen MR) is 210 cm³/mol. The van der Waals surface area contributed by atoms with E-state index in [4.69, 9.17) is 19.4 Å². The van der Waals surface area contributed by atoms with Crippen LogP contribution < -0.4 is 10.2 Å². The average molecular weight is 839 g/mol. The van der Waals surface area contributed by atoms with E-state index in [0.29, 0.717) is 19.6 Å². The molecule has 0 spiro atoms. The number of benzene rings is 3. The Morgan fingerprint density at radius 2 is 1.71 bits per heavy atom. The summed E-state index contributed by atoms with van der Waals surface area (Å²) in [4.78, 5) is 2.64. The molecule has 274 valence electrons. The molecule has 3 aromatic rings. The third-order valence-corrected chi connectivity index (χ3v) is 12.4. The largest absolute Gasteiger partial charge is 0.506 e. The molecule has 2 N–H and O–H groups in total. The molecule has 0 amide bonds. The van der Waals surface area contributed by atoms with Crippen LogP contribution in [0.5, 0.6) is 5.75 Å². The van der Waals surface area contributed by atoms with E-state index in [1.165, 1.54) is 22.4 Å². The van der Waals surface area contributed by atoms with Gasteiger partial charge in [-0.25, -0.2) is 0 Å². The van der Waals surface area contributed by atoms with Crippen LogP contribution in [0.3, 0.4) is 0 Å². The molecule has 0 bridgehead atoms. The van der Waals surface area contributed by atoms with Crippen molar-refractivity contribution in [3.63, 3.8) is 0 Å². The van der Waals surface area contributed by atoms with Crippen molar-refractivity contribution >= 4 is 57.3 Å². The van der Waals surface area contributed by atoms with Gasteiger partial charge in [0.25, 0.3) is 0 Å². The Balaban J connectivity index is 0.000000337. The molecular weight excluding hydrogens is 785 g/mol. The fraction of sp³-hybridized carbons (Fsp3) is 0.459. The van der Waals surface area contributed by atoms with E-state index < -0.39 is 23.5 Å². The minimum atomic E-state index is -3.59. The number of aromatic hydroxyl groups is 1. The molecule has 0 radical (unpaired) electrons. The van der Waals surface area contributed by atoms with Gasteiger partial charge in [0.1, 0.15) is 0 Å². The molecule has 49 heavy (non-hydrogen) atoms. The number of halogens is 2. The fourth-order valence-corrected chi connectivity index (χ4v) is 9.71. The molecular formula is C37H54Cl2N4O3RuS2. The summed E-state index contributed by atoms with van der Waals surface area (Å²) in [5, 5.41) is 3.43. The standard InChI is InChI=1S/C24H34N2O3S.C13H19N2S.2ClH.Ru/c1-6-8-16-26(15-7-2)30(27,28)22-14-13-21(20(5)17-22)18-25-23-11-9-10-12-24(23)29-19(3)4;1-10-7-11(2)13(12(3)8-10)14-5-6-15(9-14)16-4;;;/h5,9-14,17,19,25H,6-8,15-16,18H2,1-4H3;7-9H,5-6H2,1-4H3;2*1H;/q;-1;;;+2/p-1. The van der Waals surface area contributed by atoms with Gasteiger partial charge in [0.05, 0.1) is 0 Å². The topological polar surface area (TPSA) is 68.7 Å². The number of ether oxygens (including phenoxy) is 1. The molecule has 0 atom stereocenters. The molecule has 4 rings (SSSR count). The molecule has 0 aromatic heterocycles. The van der Waals surface area contributed by atoms with Gasteiger partial charge in [-0.2, -0.15) is 6.67 Å². The third kappa shape index (κ3) is 12.5. The summed E-state index contributed by atoms with van der Waals surface area (Å²) >= 11 is -0.382. The van der Waals surface area contributed by atoms with Gasteiger partial charge in [-0.05, 0) is 44.7 Å². The second-order valence-corrected chi connectivity index (χ2v) is 20.9. The first kappa shape index (κ1) is 41.8. The van der Waals surface area contributed by atoms with Crippen molar-refractivity contribution in [1.29, 1.82) is 0 Å². The molecule has 12 heteroatoms. The van der Waals surface area contributed by atoms with E-state index in [1.807, 2.05) is 55.7 Å². The molecule has 0 unspecified atom stereocenters. The van der Waals surface area contributed by atoms with Crippen molar-refractivity contribution in [3.8, 4) is 5.75 Å². The van der Waals surface area contributed by atoms with E-state index >= 15 is 0 Å². The summed E-state index contributed by atoms with van der Waals surface area (Å²) in [7, 11) is 8.79. The van der Waals surface area contributed by atoms with Crippen LogP contribution >= 0.6 is 31.3 Å². The monoisotopic (exact) mass is 838 g/mol. The van der Waals surface area contributed by atoms with Crippen LogP contribution in [0.15, 0.2) is 59.5 Å². The van der Waals surface area contributed by atoms with Gasteiger partial charge in [-0.15, -0.1) is 11.9 Å². The first-order chi connectivity index (χ1) is 23.3. The normalized spacial score (nSPS) is 13.8. The number of aliphatic hydroxyl groups is 1. The smallest absolute Gasteiger partial charge is 0.0142 e. The summed E-state index contributed by atoms with van der Waals surface area (Å²) < 4.78 is 37.0. The minimum Gasteiger partial charge on any atom is -0.506 e. The van der Waals surface area contributed by atoms with Crippen molar-refractivity contribution in [2.45, 2.75) is 85.3 Å². The quantitative estimate of drug-likeness (QED) is 0.0542. The maximum absolute atomic E-state index is 13.3. The van der Waals surface area contributed by atoms with E-state index in [1.54, 1.807) is 28.4 Å². The Bertz CT molecular complexity index is 1630. The number of unbranched alkanes of at least 4 members (excludes halogenated alkanes) is 1. The molecule has 0 aliphatic carbocycles. The Kier molecular flexibility index (Phi) is 17.4. The van der Waals surface area contributed by atoms with Gasteiger partial charge in [0, 0.05) is 12.2 Å². The molecule has 3 aromatic carbocycles. The molecule has 1 aliphatic heterocycles. The maximum Gasteiger partial charge on any atom is 0.0142 e. The van der Waals surface area contributed by atoms with Gasteiger partial charge in [0.2, 0.25) is 0 Å². The first-order valence-electron chi connectivity index (χ1n) is 16.8. The van der Waals surface area contributed by atoms with Gasteiger partial charge in [0.15, 0.2) is 0 Å². The number of hydrogen-bond donors (Lipinski definition) is 1. The zero-order valence-electron chi connectivity index (χ0n) is 30.1. The summed E-state index contributed by atoms with van der Waals surface area (Å²) in [6.45, 7) is 20.6. The second kappa shape index (κ2) is 20.4. The Labute approximate surface area is 313 Å².